The fourth-order valence-electron chi connectivity index (χ4n) is 3.66. The number of hydrogen-bond acceptors (Lipinski definition) is 6. The quantitative estimate of drug-likeness (QED) is 0.710. The number of sulfonamides is 1. The van der Waals surface area contributed by atoms with E-state index in [-0.39, 0.29) is 28.7 Å². The average Bonchev–Trinajstić information content (AvgIpc) is 3.36. The lowest BCUT2D eigenvalue weighted by Crippen LogP contribution is -2.53. The van der Waals surface area contributed by atoms with Crippen molar-refractivity contribution in [1.82, 2.24) is 19.4 Å². The zero-order valence-corrected chi connectivity index (χ0v) is 17.2. The SMILES string of the molecule is C[C@@]1(C2CC2)NC(=O)N(CN2CCN(S(=O)(=O)c3ccc(Cl)s3)CC2)C1=O. The van der Waals surface area contributed by atoms with Gasteiger partial charge in [0, 0.05) is 26.2 Å². The van der Waals surface area contributed by atoms with Crippen molar-refractivity contribution in [2.45, 2.75) is 29.5 Å². The maximum absolute atomic E-state index is 12.7. The molecule has 3 aliphatic rings. The molecule has 0 radical (unpaired) electrons. The van der Waals surface area contributed by atoms with Crippen LogP contribution in [0.2, 0.25) is 4.34 Å². The highest BCUT2D eigenvalue weighted by molar-refractivity contribution is 7.91. The Bertz CT molecular complexity index is 877. The highest BCUT2D eigenvalue weighted by Crippen LogP contribution is 2.42. The Labute approximate surface area is 167 Å². The summed E-state index contributed by atoms with van der Waals surface area (Å²) in [6.45, 7) is 3.50. The first-order valence-corrected chi connectivity index (χ1v) is 11.5. The van der Waals surface area contributed by atoms with Crippen molar-refractivity contribution in [3.8, 4) is 0 Å². The van der Waals surface area contributed by atoms with Crippen LogP contribution in [0, 0.1) is 5.92 Å². The molecule has 1 atom stereocenters. The number of hydrogen-bond donors (Lipinski definition) is 1. The summed E-state index contributed by atoms with van der Waals surface area (Å²) in [6, 6.07) is 2.72. The van der Waals surface area contributed by atoms with Gasteiger partial charge in [-0.15, -0.1) is 11.3 Å². The molecular formula is C16H21ClN4O4S2. The number of rotatable bonds is 5. The fraction of sp³-hybridized carbons (Fsp3) is 0.625. The summed E-state index contributed by atoms with van der Waals surface area (Å²) in [5.41, 5.74) is -0.791. The number of thiophene rings is 1. The van der Waals surface area contributed by atoms with E-state index in [2.05, 4.69) is 5.32 Å². The van der Waals surface area contributed by atoms with Crippen molar-refractivity contribution in [3.63, 3.8) is 0 Å². The third-order valence-corrected chi connectivity index (χ3v) is 9.11. The summed E-state index contributed by atoms with van der Waals surface area (Å²) in [5.74, 6) is 0.0387. The van der Waals surface area contributed by atoms with Gasteiger partial charge in [-0.1, -0.05) is 11.6 Å². The Morgan fingerprint density at radius 1 is 1.22 bits per heavy atom. The average molecular weight is 433 g/mol. The molecule has 1 aromatic rings. The third-order valence-electron chi connectivity index (χ3n) is 5.51. The van der Waals surface area contributed by atoms with Crippen LogP contribution >= 0.6 is 22.9 Å². The molecule has 3 amide bonds. The lowest BCUT2D eigenvalue weighted by atomic mass is 9.96. The van der Waals surface area contributed by atoms with Crippen LogP contribution in [0.3, 0.4) is 0 Å². The van der Waals surface area contributed by atoms with Crippen LogP contribution in [-0.2, 0) is 14.8 Å². The minimum absolute atomic E-state index is 0.182. The zero-order valence-electron chi connectivity index (χ0n) is 14.9. The van der Waals surface area contributed by atoms with Gasteiger partial charge in [0.15, 0.2) is 0 Å². The van der Waals surface area contributed by atoms with E-state index in [9.17, 15) is 18.0 Å². The fourth-order valence-corrected chi connectivity index (χ4v) is 6.72. The second kappa shape index (κ2) is 6.70. The molecule has 1 aliphatic carbocycles. The summed E-state index contributed by atoms with van der Waals surface area (Å²) in [6.07, 6.45) is 1.92. The number of carbonyl (C=O) groups excluding carboxylic acids is 2. The Balaban J connectivity index is 1.37. The van der Waals surface area contributed by atoms with Gasteiger partial charge in [-0.25, -0.2) is 18.1 Å². The first kappa shape index (κ1) is 19.1. The number of piperazine rings is 1. The van der Waals surface area contributed by atoms with Crippen LogP contribution in [0.1, 0.15) is 19.8 Å². The van der Waals surface area contributed by atoms with Crippen LogP contribution < -0.4 is 5.32 Å². The van der Waals surface area contributed by atoms with Crippen molar-refractivity contribution < 1.29 is 18.0 Å². The number of amides is 3. The van der Waals surface area contributed by atoms with Gasteiger partial charge < -0.3 is 5.32 Å². The van der Waals surface area contributed by atoms with Crippen molar-refractivity contribution >= 4 is 44.9 Å². The molecule has 3 fully saturated rings. The van der Waals surface area contributed by atoms with Gasteiger partial charge in [0.25, 0.3) is 15.9 Å². The van der Waals surface area contributed by atoms with E-state index in [1.165, 1.54) is 15.3 Å². The number of halogens is 1. The van der Waals surface area contributed by atoms with E-state index in [4.69, 9.17) is 11.6 Å². The number of imide groups is 1. The van der Waals surface area contributed by atoms with Gasteiger partial charge in [0.1, 0.15) is 9.75 Å². The van der Waals surface area contributed by atoms with Gasteiger partial charge in [-0.05, 0) is 37.8 Å². The summed E-state index contributed by atoms with van der Waals surface area (Å²) in [4.78, 5) is 28.2. The van der Waals surface area contributed by atoms with Gasteiger partial charge in [0.05, 0.1) is 11.0 Å². The minimum Gasteiger partial charge on any atom is -0.323 e. The molecule has 27 heavy (non-hydrogen) atoms. The van der Waals surface area contributed by atoms with Crippen LogP contribution in [0.25, 0.3) is 0 Å². The molecule has 4 rings (SSSR count). The smallest absolute Gasteiger partial charge is 0.323 e. The Kier molecular flexibility index (Phi) is 4.75. The molecule has 0 spiro atoms. The number of nitrogens with zero attached hydrogens (tertiary/aromatic N) is 3. The monoisotopic (exact) mass is 432 g/mol. The second-order valence-electron chi connectivity index (χ2n) is 7.36. The standard InChI is InChI=1S/C16H21ClN4O4S2/c1-16(11-2-3-11)14(22)21(15(23)18-16)10-19-6-8-20(9-7-19)27(24,25)13-5-4-12(17)26-13/h4-5,11H,2-3,6-10H2,1H3,(H,18,23)/t16-/m0/s1. The Morgan fingerprint density at radius 2 is 1.89 bits per heavy atom. The summed E-state index contributed by atoms with van der Waals surface area (Å²) in [7, 11) is -3.55. The lowest BCUT2D eigenvalue weighted by Gasteiger charge is -2.35. The molecule has 148 valence electrons. The highest BCUT2D eigenvalue weighted by atomic mass is 35.5. The van der Waals surface area contributed by atoms with Gasteiger partial charge in [-0.2, -0.15) is 4.31 Å². The topological polar surface area (TPSA) is 90.0 Å². The van der Waals surface area contributed by atoms with Crippen molar-refractivity contribution in [3.05, 3.63) is 16.5 Å². The van der Waals surface area contributed by atoms with Gasteiger partial charge >= 0.3 is 6.03 Å². The Hall–Kier alpha value is -1.20. The maximum Gasteiger partial charge on any atom is 0.326 e. The first-order chi connectivity index (χ1) is 12.7. The molecule has 3 heterocycles. The van der Waals surface area contributed by atoms with Crippen molar-refractivity contribution in [2.24, 2.45) is 5.92 Å². The number of carbonyl (C=O) groups is 2. The molecule has 0 bridgehead atoms. The van der Waals surface area contributed by atoms with Crippen LogP contribution in [0.5, 0.6) is 0 Å². The van der Waals surface area contributed by atoms with Gasteiger partial charge in [0.2, 0.25) is 0 Å². The molecule has 0 unspecified atom stereocenters. The predicted molar refractivity (Wildman–Crippen MR) is 101 cm³/mol. The van der Waals surface area contributed by atoms with Crippen molar-refractivity contribution in [1.29, 1.82) is 0 Å². The summed E-state index contributed by atoms with van der Waals surface area (Å²) < 4.78 is 27.4. The van der Waals surface area contributed by atoms with E-state index >= 15 is 0 Å². The molecular weight excluding hydrogens is 412 g/mol. The maximum atomic E-state index is 12.7. The summed E-state index contributed by atoms with van der Waals surface area (Å²) in [5, 5.41) is 2.83. The van der Waals surface area contributed by atoms with Crippen LogP contribution in [-0.4, -0.2) is 72.8 Å². The first-order valence-electron chi connectivity index (χ1n) is 8.84. The number of nitrogens with one attached hydrogen (secondary N) is 1. The second-order valence-corrected chi connectivity index (χ2v) is 11.2. The lowest BCUT2D eigenvalue weighted by molar-refractivity contribution is -0.133. The van der Waals surface area contributed by atoms with Crippen LogP contribution in [0.15, 0.2) is 16.3 Å². The zero-order chi connectivity index (χ0) is 19.4. The predicted octanol–water partition coefficient (Wildman–Crippen LogP) is 1.39. The largest absolute Gasteiger partial charge is 0.326 e. The molecule has 1 N–H and O–H groups in total. The van der Waals surface area contributed by atoms with E-state index in [0.717, 1.165) is 24.2 Å². The normalized spacial score (nSPS) is 28.0. The van der Waals surface area contributed by atoms with E-state index in [1.54, 1.807) is 13.0 Å². The van der Waals surface area contributed by atoms with E-state index in [1.807, 2.05) is 4.90 Å². The molecule has 0 aromatic carbocycles. The molecule has 11 heteroatoms. The molecule has 8 nitrogen and oxygen atoms in total. The Morgan fingerprint density at radius 3 is 2.44 bits per heavy atom. The molecule has 1 aromatic heterocycles. The highest BCUT2D eigenvalue weighted by Gasteiger charge is 2.56. The number of urea groups is 1. The minimum atomic E-state index is -3.55. The van der Waals surface area contributed by atoms with Crippen molar-refractivity contribution in [2.75, 3.05) is 32.8 Å². The van der Waals surface area contributed by atoms with E-state index in [0.29, 0.717) is 30.5 Å². The third kappa shape index (κ3) is 3.38. The molecule has 1 saturated carbocycles. The molecule has 2 aliphatic heterocycles. The summed E-state index contributed by atoms with van der Waals surface area (Å²) >= 11 is 6.89. The van der Waals surface area contributed by atoms with Gasteiger partial charge in [-0.3, -0.25) is 9.69 Å². The van der Waals surface area contributed by atoms with E-state index < -0.39 is 15.6 Å². The van der Waals surface area contributed by atoms with Crippen LogP contribution in [0.4, 0.5) is 4.79 Å². The molecule has 2 saturated heterocycles.